The van der Waals surface area contributed by atoms with Crippen LogP contribution in [0.5, 0.6) is 0 Å². The first-order chi connectivity index (χ1) is 9.58. The molecule has 1 aliphatic heterocycles. The smallest absolute Gasteiger partial charge is 0.278 e. The van der Waals surface area contributed by atoms with Crippen LogP contribution in [0, 0.1) is 0 Å². The first kappa shape index (κ1) is 12.9. The van der Waals surface area contributed by atoms with E-state index in [1.807, 2.05) is 0 Å². The van der Waals surface area contributed by atoms with Crippen LogP contribution < -0.4 is 5.56 Å². The van der Waals surface area contributed by atoms with E-state index in [0.29, 0.717) is 18.5 Å². The Morgan fingerprint density at radius 2 is 2.35 bits per heavy atom. The number of carbonyl (C=O) groups is 1. The predicted molar refractivity (Wildman–Crippen MR) is 68.0 cm³/mol. The molecule has 1 saturated heterocycles. The zero-order valence-corrected chi connectivity index (χ0v) is 10.8. The second-order valence-corrected chi connectivity index (χ2v) is 4.82. The van der Waals surface area contributed by atoms with Crippen molar-refractivity contribution in [3.8, 4) is 0 Å². The lowest BCUT2D eigenvalue weighted by atomic mass is 10.1. The van der Waals surface area contributed by atoms with Crippen LogP contribution >= 0.6 is 0 Å². The highest BCUT2D eigenvalue weighted by Gasteiger charge is 2.34. The first-order valence-electron chi connectivity index (χ1n) is 6.32. The molecule has 0 aromatic carbocycles. The maximum atomic E-state index is 11.6. The van der Waals surface area contributed by atoms with Gasteiger partial charge < -0.3 is 14.8 Å². The molecule has 0 saturated carbocycles. The molecule has 3 rings (SSSR count). The molecule has 8 heteroatoms. The molecule has 3 unspecified atom stereocenters. The Labute approximate surface area is 113 Å². The highest BCUT2D eigenvalue weighted by atomic mass is 16.5. The zero-order valence-electron chi connectivity index (χ0n) is 10.8. The topological polar surface area (TPSA) is 110 Å². The maximum Gasteiger partial charge on any atom is 0.278 e. The van der Waals surface area contributed by atoms with E-state index >= 15 is 0 Å². The number of aliphatic hydroxyl groups is 1. The van der Waals surface area contributed by atoms with Crippen molar-refractivity contribution in [1.29, 1.82) is 0 Å². The summed E-state index contributed by atoms with van der Waals surface area (Å²) in [6.07, 6.45) is 1.94. The van der Waals surface area contributed by atoms with Crippen LogP contribution in [-0.2, 0) is 9.53 Å². The number of hydrogen-bond acceptors (Lipinski definition) is 6. The van der Waals surface area contributed by atoms with Crippen molar-refractivity contribution in [2.45, 2.75) is 38.2 Å². The van der Waals surface area contributed by atoms with Gasteiger partial charge in [0.15, 0.2) is 16.9 Å². The van der Waals surface area contributed by atoms with Gasteiger partial charge in [0.05, 0.1) is 18.8 Å². The third-order valence-electron chi connectivity index (χ3n) is 3.47. The molecule has 1 aliphatic rings. The average Bonchev–Trinajstić information content (AvgIpc) is 3.04. The van der Waals surface area contributed by atoms with Gasteiger partial charge in [-0.3, -0.25) is 14.2 Å². The van der Waals surface area contributed by atoms with Crippen LogP contribution in [0.4, 0.5) is 0 Å². The van der Waals surface area contributed by atoms with E-state index in [1.54, 1.807) is 4.57 Å². The summed E-state index contributed by atoms with van der Waals surface area (Å²) in [5, 5.41) is 9.73. The van der Waals surface area contributed by atoms with E-state index in [-0.39, 0.29) is 23.1 Å². The Balaban J connectivity index is 1.89. The predicted octanol–water partition coefficient (Wildman–Crippen LogP) is -0.253. The van der Waals surface area contributed by atoms with E-state index in [4.69, 9.17) is 4.74 Å². The quantitative estimate of drug-likeness (QED) is 0.801. The van der Waals surface area contributed by atoms with Gasteiger partial charge in [0.25, 0.3) is 5.56 Å². The fourth-order valence-electron chi connectivity index (χ4n) is 2.42. The van der Waals surface area contributed by atoms with E-state index in [0.717, 1.165) is 0 Å². The van der Waals surface area contributed by atoms with Gasteiger partial charge in [0.2, 0.25) is 0 Å². The van der Waals surface area contributed by atoms with Crippen LogP contribution in [0.2, 0.25) is 0 Å². The van der Waals surface area contributed by atoms with Crippen molar-refractivity contribution in [2.24, 2.45) is 0 Å². The average molecular weight is 278 g/mol. The number of ketones is 1. The molecule has 8 nitrogen and oxygen atoms in total. The van der Waals surface area contributed by atoms with Crippen molar-refractivity contribution in [3.63, 3.8) is 0 Å². The number of imidazole rings is 1. The summed E-state index contributed by atoms with van der Waals surface area (Å²) in [5.74, 6) is -0.319. The van der Waals surface area contributed by atoms with Crippen LogP contribution in [0.15, 0.2) is 17.4 Å². The lowest BCUT2D eigenvalue weighted by molar-refractivity contribution is -0.134. The third kappa shape index (κ3) is 2.02. The molecule has 0 radical (unpaired) electrons. The largest absolute Gasteiger partial charge is 0.383 e. The Kier molecular flexibility index (Phi) is 3.11. The van der Waals surface area contributed by atoms with Gasteiger partial charge in [0, 0.05) is 0 Å². The lowest BCUT2D eigenvalue weighted by Crippen LogP contribution is -2.32. The summed E-state index contributed by atoms with van der Waals surface area (Å²) in [6, 6.07) is 0. The molecule has 2 aromatic heterocycles. The van der Waals surface area contributed by atoms with Gasteiger partial charge in [-0.05, 0) is 19.8 Å². The highest BCUT2D eigenvalue weighted by Crippen LogP contribution is 2.31. The number of fused-ring (bicyclic) bond motifs is 1. The molecule has 0 spiro atoms. The number of aromatic amines is 1. The van der Waals surface area contributed by atoms with Crippen LogP contribution in [0.1, 0.15) is 26.0 Å². The van der Waals surface area contributed by atoms with E-state index in [9.17, 15) is 14.7 Å². The SMILES string of the molecule is CC(=O)C(O)C1CCC(n2cnc3c(=O)[nH]cnc32)O1. The zero-order chi connectivity index (χ0) is 14.3. The summed E-state index contributed by atoms with van der Waals surface area (Å²) in [4.78, 5) is 33.3. The van der Waals surface area contributed by atoms with Gasteiger partial charge in [0.1, 0.15) is 12.3 Å². The Morgan fingerprint density at radius 1 is 1.55 bits per heavy atom. The van der Waals surface area contributed by atoms with Gasteiger partial charge in [-0.1, -0.05) is 0 Å². The standard InChI is InChI=1S/C12H14N4O4/c1-6(17)10(18)7-2-3-8(20-7)16-5-15-9-11(16)13-4-14-12(9)19/h4-5,7-8,10,18H,2-3H2,1H3,(H,13,14,19). The number of Topliss-reactive ketones (excluding diaryl/α,β-unsaturated/α-hetero) is 1. The Morgan fingerprint density at radius 3 is 3.10 bits per heavy atom. The van der Waals surface area contributed by atoms with Crippen LogP contribution in [0.3, 0.4) is 0 Å². The summed E-state index contributed by atoms with van der Waals surface area (Å²) in [7, 11) is 0. The number of aromatic nitrogens is 4. The molecule has 2 N–H and O–H groups in total. The Hall–Kier alpha value is -2.06. The minimum atomic E-state index is -1.12. The molecule has 2 aromatic rings. The molecular formula is C12H14N4O4. The summed E-state index contributed by atoms with van der Waals surface area (Å²) < 4.78 is 7.33. The van der Waals surface area contributed by atoms with Gasteiger partial charge in [-0.2, -0.15) is 0 Å². The van der Waals surface area contributed by atoms with E-state index < -0.39 is 12.2 Å². The number of ether oxygens (including phenoxy) is 1. The number of carbonyl (C=O) groups excluding carboxylic acids is 1. The normalized spacial score (nSPS) is 24.1. The van der Waals surface area contributed by atoms with Gasteiger partial charge in [-0.25, -0.2) is 9.97 Å². The first-order valence-corrected chi connectivity index (χ1v) is 6.32. The molecule has 3 heterocycles. The van der Waals surface area contributed by atoms with Crippen molar-refractivity contribution in [1.82, 2.24) is 19.5 Å². The summed E-state index contributed by atoms with van der Waals surface area (Å²) in [5.41, 5.74) is 0.357. The molecule has 0 amide bonds. The monoisotopic (exact) mass is 278 g/mol. The molecular weight excluding hydrogens is 264 g/mol. The van der Waals surface area contributed by atoms with Gasteiger partial charge >= 0.3 is 0 Å². The van der Waals surface area contributed by atoms with Crippen molar-refractivity contribution in [3.05, 3.63) is 23.0 Å². The molecule has 0 aliphatic carbocycles. The number of aliphatic hydroxyl groups excluding tert-OH is 1. The number of nitrogens with one attached hydrogen (secondary N) is 1. The fraction of sp³-hybridized carbons (Fsp3) is 0.500. The number of hydrogen-bond donors (Lipinski definition) is 2. The molecule has 3 atom stereocenters. The molecule has 1 fully saturated rings. The highest BCUT2D eigenvalue weighted by molar-refractivity contribution is 5.80. The number of rotatable bonds is 3. The van der Waals surface area contributed by atoms with Crippen LogP contribution in [0.25, 0.3) is 11.2 Å². The van der Waals surface area contributed by atoms with Crippen LogP contribution in [-0.4, -0.2) is 42.6 Å². The summed E-state index contributed by atoms with van der Waals surface area (Å²) >= 11 is 0. The second kappa shape index (κ2) is 4.80. The minimum absolute atomic E-state index is 0.242. The molecule has 106 valence electrons. The van der Waals surface area contributed by atoms with E-state index in [1.165, 1.54) is 19.6 Å². The summed E-state index contributed by atoms with van der Waals surface area (Å²) in [6.45, 7) is 1.33. The maximum absolute atomic E-state index is 11.6. The Bertz CT molecular complexity index is 707. The number of nitrogens with zero attached hydrogens (tertiary/aromatic N) is 3. The second-order valence-electron chi connectivity index (χ2n) is 4.82. The van der Waals surface area contributed by atoms with Crippen molar-refractivity contribution < 1.29 is 14.6 Å². The third-order valence-corrected chi connectivity index (χ3v) is 3.47. The van der Waals surface area contributed by atoms with Crippen molar-refractivity contribution in [2.75, 3.05) is 0 Å². The van der Waals surface area contributed by atoms with E-state index in [2.05, 4.69) is 15.0 Å². The molecule has 0 bridgehead atoms. The van der Waals surface area contributed by atoms with Crippen molar-refractivity contribution >= 4 is 16.9 Å². The van der Waals surface area contributed by atoms with Gasteiger partial charge in [-0.15, -0.1) is 0 Å². The number of H-pyrrole nitrogens is 1. The lowest BCUT2D eigenvalue weighted by Gasteiger charge is -2.17. The molecule has 20 heavy (non-hydrogen) atoms. The minimum Gasteiger partial charge on any atom is -0.383 e. The fourth-order valence-corrected chi connectivity index (χ4v) is 2.42.